The summed E-state index contributed by atoms with van der Waals surface area (Å²) in [6, 6.07) is 13.8. The number of carbonyl (C=O) groups is 2. The standard InChI is InChI=1S/C25H30N2O4S/c1-19-6-8-20(9-7-19)17-22(28)18-21-10-12-23(13-11-21)32(30,31)27-16-4-5-24(27)25(29)26-14-2-3-15-26/h6-13,24H,2-5,14-18H2,1H3/t24-/m0/s1. The number of ketones is 1. The fourth-order valence-corrected chi connectivity index (χ4v) is 6.21. The third-order valence-electron chi connectivity index (χ3n) is 6.36. The number of carbonyl (C=O) groups excluding carboxylic acids is 2. The van der Waals surface area contributed by atoms with Crippen LogP contribution in [0.1, 0.15) is 42.4 Å². The molecule has 0 saturated carbocycles. The molecular formula is C25H30N2O4S. The quantitative estimate of drug-likeness (QED) is 0.644. The van der Waals surface area contributed by atoms with Gasteiger partial charge in [0.25, 0.3) is 0 Å². The van der Waals surface area contributed by atoms with Gasteiger partial charge in [-0.2, -0.15) is 4.31 Å². The Kier molecular flexibility index (Phi) is 6.76. The Bertz CT molecular complexity index is 1070. The van der Waals surface area contributed by atoms with E-state index in [-0.39, 0.29) is 23.0 Å². The van der Waals surface area contributed by atoms with E-state index in [9.17, 15) is 18.0 Å². The van der Waals surface area contributed by atoms with Gasteiger partial charge in [-0.05, 0) is 55.9 Å². The van der Waals surface area contributed by atoms with Crippen LogP contribution >= 0.6 is 0 Å². The molecule has 2 saturated heterocycles. The average molecular weight is 455 g/mol. The Morgan fingerprint density at radius 1 is 0.844 bits per heavy atom. The molecule has 170 valence electrons. The number of rotatable bonds is 7. The number of aryl methyl sites for hydroxylation is 1. The number of amides is 1. The van der Waals surface area contributed by atoms with Gasteiger partial charge in [-0.1, -0.05) is 42.0 Å². The smallest absolute Gasteiger partial charge is 0.243 e. The molecule has 6 nitrogen and oxygen atoms in total. The minimum atomic E-state index is -3.76. The fraction of sp³-hybridized carbons (Fsp3) is 0.440. The summed E-state index contributed by atoms with van der Waals surface area (Å²) in [7, 11) is -3.76. The molecule has 32 heavy (non-hydrogen) atoms. The number of hydrogen-bond donors (Lipinski definition) is 0. The van der Waals surface area contributed by atoms with Crippen molar-refractivity contribution in [2.45, 2.75) is 56.4 Å². The molecule has 1 atom stereocenters. The Balaban J connectivity index is 1.42. The van der Waals surface area contributed by atoms with Gasteiger partial charge >= 0.3 is 0 Å². The molecule has 1 amide bonds. The monoisotopic (exact) mass is 454 g/mol. The van der Waals surface area contributed by atoms with Crippen molar-refractivity contribution >= 4 is 21.7 Å². The highest BCUT2D eigenvalue weighted by atomic mass is 32.2. The van der Waals surface area contributed by atoms with Crippen LogP contribution in [-0.4, -0.2) is 55.0 Å². The molecule has 0 bridgehead atoms. The molecule has 2 heterocycles. The highest BCUT2D eigenvalue weighted by Gasteiger charge is 2.41. The predicted molar refractivity (Wildman–Crippen MR) is 123 cm³/mol. The van der Waals surface area contributed by atoms with E-state index in [1.54, 1.807) is 29.2 Å². The molecule has 7 heteroatoms. The normalized spacial score (nSPS) is 19.4. The van der Waals surface area contributed by atoms with Gasteiger partial charge in [0.2, 0.25) is 15.9 Å². The van der Waals surface area contributed by atoms with Gasteiger partial charge in [-0.25, -0.2) is 8.42 Å². The Morgan fingerprint density at radius 2 is 1.41 bits per heavy atom. The molecule has 2 aromatic carbocycles. The minimum Gasteiger partial charge on any atom is -0.341 e. The summed E-state index contributed by atoms with van der Waals surface area (Å²) in [6.07, 6.45) is 3.84. The maximum atomic E-state index is 13.3. The van der Waals surface area contributed by atoms with Crippen molar-refractivity contribution in [1.29, 1.82) is 0 Å². The van der Waals surface area contributed by atoms with Crippen LogP contribution in [0.4, 0.5) is 0 Å². The molecule has 2 aliphatic heterocycles. The van der Waals surface area contributed by atoms with E-state index in [4.69, 9.17) is 0 Å². The molecule has 0 aromatic heterocycles. The fourth-order valence-electron chi connectivity index (χ4n) is 4.56. The molecule has 0 unspecified atom stereocenters. The first-order chi connectivity index (χ1) is 15.3. The second-order valence-electron chi connectivity index (χ2n) is 8.83. The summed E-state index contributed by atoms with van der Waals surface area (Å²) in [5.74, 6) is 0.0159. The average Bonchev–Trinajstić information content (AvgIpc) is 3.48. The first-order valence-electron chi connectivity index (χ1n) is 11.3. The molecule has 0 spiro atoms. The van der Waals surface area contributed by atoms with Gasteiger partial charge in [-0.3, -0.25) is 9.59 Å². The van der Waals surface area contributed by atoms with Crippen LogP contribution < -0.4 is 0 Å². The molecule has 4 rings (SSSR count). The van der Waals surface area contributed by atoms with E-state index in [2.05, 4.69) is 0 Å². The third kappa shape index (κ3) is 4.94. The van der Waals surface area contributed by atoms with E-state index in [1.165, 1.54) is 4.31 Å². The van der Waals surface area contributed by atoms with Crippen LogP contribution in [0.5, 0.6) is 0 Å². The number of Topliss-reactive ketones (excluding diaryl/α,β-unsaturated/α-hetero) is 1. The second-order valence-corrected chi connectivity index (χ2v) is 10.7. The lowest BCUT2D eigenvalue weighted by Gasteiger charge is -2.27. The lowest BCUT2D eigenvalue weighted by molar-refractivity contribution is -0.133. The molecule has 2 aliphatic rings. The van der Waals surface area contributed by atoms with Gasteiger partial charge in [-0.15, -0.1) is 0 Å². The van der Waals surface area contributed by atoms with E-state index < -0.39 is 16.1 Å². The summed E-state index contributed by atoms with van der Waals surface area (Å²) >= 11 is 0. The van der Waals surface area contributed by atoms with Crippen molar-refractivity contribution in [2.75, 3.05) is 19.6 Å². The molecule has 2 aromatic rings. The molecule has 0 N–H and O–H groups in total. The molecule has 0 aliphatic carbocycles. The van der Waals surface area contributed by atoms with Gasteiger partial charge < -0.3 is 4.90 Å². The van der Waals surface area contributed by atoms with Crippen LogP contribution in [0.2, 0.25) is 0 Å². The third-order valence-corrected chi connectivity index (χ3v) is 8.28. The topological polar surface area (TPSA) is 74.8 Å². The van der Waals surface area contributed by atoms with Gasteiger partial charge in [0.15, 0.2) is 0 Å². The van der Waals surface area contributed by atoms with Crippen LogP contribution in [0.25, 0.3) is 0 Å². The number of likely N-dealkylation sites (tertiary alicyclic amines) is 1. The number of nitrogens with zero attached hydrogens (tertiary/aromatic N) is 2. The maximum absolute atomic E-state index is 13.3. The zero-order valence-electron chi connectivity index (χ0n) is 18.5. The van der Waals surface area contributed by atoms with Gasteiger partial charge in [0.05, 0.1) is 4.90 Å². The van der Waals surface area contributed by atoms with Crippen molar-refractivity contribution < 1.29 is 18.0 Å². The zero-order valence-corrected chi connectivity index (χ0v) is 19.3. The lowest BCUT2D eigenvalue weighted by Crippen LogP contribution is -2.46. The van der Waals surface area contributed by atoms with Crippen LogP contribution in [-0.2, 0) is 32.5 Å². The summed E-state index contributed by atoms with van der Waals surface area (Å²) in [5.41, 5.74) is 2.91. The number of sulfonamides is 1. The van der Waals surface area contributed by atoms with Crippen LogP contribution in [0.15, 0.2) is 53.4 Å². The van der Waals surface area contributed by atoms with E-state index in [0.717, 1.165) is 29.5 Å². The minimum absolute atomic E-state index is 0.0677. The molecule has 2 fully saturated rings. The van der Waals surface area contributed by atoms with Crippen LogP contribution in [0, 0.1) is 6.92 Å². The largest absolute Gasteiger partial charge is 0.341 e. The Morgan fingerprint density at radius 3 is 2.00 bits per heavy atom. The van der Waals surface area contributed by atoms with E-state index in [1.807, 2.05) is 31.2 Å². The van der Waals surface area contributed by atoms with Crippen molar-refractivity contribution in [3.8, 4) is 0 Å². The lowest BCUT2D eigenvalue weighted by atomic mass is 10.0. The first-order valence-corrected chi connectivity index (χ1v) is 12.8. The Labute approximate surface area is 190 Å². The SMILES string of the molecule is Cc1ccc(CC(=O)Cc2ccc(S(=O)(=O)N3CCC[C@H]3C(=O)N3CCCC3)cc2)cc1. The Hall–Kier alpha value is -2.51. The van der Waals surface area contributed by atoms with Crippen molar-refractivity contribution in [3.63, 3.8) is 0 Å². The van der Waals surface area contributed by atoms with Crippen molar-refractivity contribution in [2.24, 2.45) is 0 Å². The number of benzene rings is 2. The summed E-state index contributed by atoms with van der Waals surface area (Å²) < 4.78 is 27.9. The first kappa shape index (κ1) is 22.7. The van der Waals surface area contributed by atoms with Gasteiger partial charge in [0.1, 0.15) is 11.8 Å². The molecule has 0 radical (unpaired) electrons. The maximum Gasteiger partial charge on any atom is 0.243 e. The van der Waals surface area contributed by atoms with Gasteiger partial charge in [0, 0.05) is 32.5 Å². The molecular weight excluding hydrogens is 424 g/mol. The summed E-state index contributed by atoms with van der Waals surface area (Å²) in [4.78, 5) is 27.3. The number of hydrogen-bond acceptors (Lipinski definition) is 4. The highest BCUT2D eigenvalue weighted by molar-refractivity contribution is 7.89. The van der Waals surface area contributed by atoms with Crippen molar-refractivity contribution in [1.82, 2.24) is 9.21 Å². The van der Waals surface area contributed by atoms with E-state index >= 15 is 0 Å². The van der Waals surface area contributed by atoms with Crippen LogP contribution in [0.3, 0.4) is 0 Å². The van der Waals surface area contributed by atoms with Crippen molar-refractivity contribution in [3.05, 3.63) is 65.2 Å². The predicted octanol–water partition coefficient (Wildman–Crippen LogP) is 3.12. The highest BCUT2D eigenvalue weighted by Crippen LogP contribution is 2.28. The summed E-state index contributed by atoms with van der Waals surface area (Å²) in [6.45, 7) is 3.81. The van der Waals surface area contributed by atoms with E-state index in [0.29, 0.717) is 38.9 Å². The summed E-state index contributed by atoms with van der Waals surface area (Å²) in [5, 5.41) is 0. The second kappa shape index (κ2) is 9.55. The zero-order chi connectivity index (χ0) is 22.7.